The van der Waals surface area contributed by atoms with Gasteiger partial charge in [0.1, 0.15) is 6.04 Å². The SMILES string of the molecule is CC1=CC(C(=O)N2CCCC2C(=O)O)=CCC=C1. The van der Waals surface area contributed by atoms with Crippen LogP contribution in [0, 0.1) is 0 Å². The smallest absolute Gasteiger partial charge is 0.326 e. The van der Waals surface area contributed by atoms with Gasteiger partial charge in [-0.25, -0.2) is 4.79 Å². The number of aliphatic carboxylic acids is 1. The third kappa shape index (κ3) is 2.53. The molecule has 0 bridgehead atoms. The van der Waals surface area contributed by atoms with Gasteiger partial charge in [0.15, 0.2) is 0 Å². The number of carbonyl (C=O) groups excluding carboxylic acids is 1. The molecule has 18 heavy (non-hydrogen) atoms. The van der Waals surface area contributed by atoms with Crippen LogP contribution < -0.4 is 0 Å². The largest absolute Gasteiger partial charge is 0.480 e. The van der Waals surface area contributed by atoms with Crippen molar-refractivity contribution < 1.29 is 14.7 Å². The van der Waals surface area contributed by atoms with Crippen LogP contribution in [0.3, 0.4) is 0 Å². The summed E-state index contributed by atoms with van der Waals surface area (Å²) in [7, 11) is 0. The highest BCUT2D eigenvalue weighted by Crippen LogP contribution is 2.22. The van der Waals surface area contributed by atoms with E-state index in [4.69, 9.17) is 5.11 Å². The van der Waals surface area contributed by atoms with Gasteiger partial charge in [0.25, 0.3) is 5.91 Å². The number of carbonyl (C=O) groups is 2. The predicted octanol–water partition coefficient (Wildman–Crippen LogP) is 1.89. The second-order valence-electron chi connectivity index (χ2n) is 4.68. The van der Waals surface area contributed by atoms with Crippen LogP contribution in [0.1, 0.15) is 26.2 Å². The van der Waals surface area contributed by atoms with Crippen molar-refractivity contribution in [3.63, 3.8) is 0 Å². The molecule has 1 aliphatic heterocycles. The molecule has 0 radical (unpaired) electrons. The lowest BCUT2D eigenvalue weighted by Gasteiger charge is -2.21. The first-order chi connectivity index (χ1) is 8.59. The van der Waals surface area contributed by atoms with Crippen LogP contribution in [-0.4, -0.2) is 34.5 Å². The Morgan fingerprint density at radius 2 is 2.22 bits per heavy atom. The third-order valence-electron chi connectivity index (χ3n) is 3.28. The van der Waals surface area contributed by atoms with Crippen molar-refractivity contribution in [3.8, 4) is 0 Å². The van der Waals surface area contributed by atoms with Crippen molar-refractivity contribution in [1.29, 1.82) is 0 Å². The maximum absolute atomic E-state index is 12.3. The van der Waals surface area contributed by atoms with Crippen LogP contribution in [0.25, 0.3) is 0 Å². The highest BCUT2D eigenvalue weighted by molar-refractivity contribution is 5.98. The first-order valence-corrected chi connectivity index (χ1v) is 6.18. The van der Waals surface area contributed by atoms with Crippen molar-refractivity contribution in [2.75, 3.05) is 6.54 Å². The van der Waals surface area contributed by atoms with Gasteiger partial charge in [-0.1, -0.05) is 23.8 Å². The van der Waals surface area contributed by atoms with E-state index < -0.39 is 12.0 Å². The summed E-state index contributed by atoms with van der Waals surface area (Å²) in [5.41, 5.74) is 1.61. The molecule has 1 saturated heterocycles. The second kappa shape index (κ2) is 5.21. The van der Waals surface area contributed by atoms with E-state index in [9.17, 15) is 9.59 Å². The molecule has 1 N–H and O–H groups in total. The van der Waals surface area contributed by atoms with E-state index in [1.807, 2.05) is 31.2 Å². The number of amides is 1. The molecule has 1 aliphatic carbocycles. The Morgan fingerprint density at radius 3 is 2.94 bits per heavy atom. The summed E-state index contributed by atoms with van der Waals surface area (Å²) in [6, 6.07) is -0.664. The van der Waals surface area contributed by atoms with Gasteiger partial charge in [-0.15, -0.1) is 0 Å². The average molecular weight is 247 g/mol. The van der Waals surface area contributed by atoms with Crippen LogP contribution in [0.15, 0.2) is 35.5 Å². The van der Waals surface area contributed by atoms with Gasteiger partial charge in [-0.2, -0.15) is 0 Å². The molecule has 1 unspecified atom stereocenters. The molecule has 1 fully saturated rings. The summed E-state index contributed by atoms with van der Waals surface area (Å²) in [4.78, 5) is 24.9. The average Bonchev–Trinajstić information content (AvgIpc) is 2.72. The third-order valence-corrected chi connectivity index (χ3v) is 3.28. The Bertz CT molecular complexity index is 460. The zero-order valence-corrected chi connectivity index (χ0v) is 10.4. The molecule has 0 aromatic carbocycles. The van der Waals surface area contributed by atoms with Crippen molar-refractivity contribution in [3.05, 3.63) is 35.5 Å². The first-order valence-electron chi connectivity index (χ1n) is 6.18. The maximum Gasteiger partial charge on any atom is 0.326 e. The molecular formula is C14H17NO3. The molecule has 96 valence electrons. The summed E-state index contributed by atoms with van der Waals surface area (Å²) in [5, 5.41) is 9.10. The van der Waals surface area contributed by atoms with Gasteiger partial charge >= 0.3 is 5.97 Å². The normalized spacial score (nSPS) is 23.4. The molecule has 2 rings (SSSR count). The van der Waals surface area contributed by atoms with Gasteiger partial charge in [-0.05, 0) is 32.3 Å². The minimum atomic E-state index is -0.908. The van der Waals surface area contributed by atoms with Crippen LogP contribution in [0.2, 0.25) is 0 Å². The monoisotopic (exact) mass is 247 g/mol. The molecule has 0 aromatic rings. The highest BCUT2D eigenvalue weighted by atomic mass is 16.4. The number of hydrogen-bond acceptors (Lipinski definition) is 2. The number of likely N-dealkylation sites (tertiary alicyclic amines) is 1. The lowest BCUT2D eigenvalue weighted by molar-refractivity contribution is -0.146. The Kier molecular flexibility index (Phi) is 3.65. The highest BCUT2D eigenvalue weighted by Gasteiger charge is 2.34. The van der Waals surface area contributed by atoms with Gasteiger partial charge in [0.05, 0.1) is 0 Å². The maximum atomic E-state index is 12.3. The summed E-state index contributed by atoms with van der Waals surface area (Å²) in [6.45, 7) is 2.47. The lowest BCUT2D eigenvalue weighted by Crippen LogP contribution is -2.40. The molecule has 1 atom stereocenters. The fourth-order valence-electron chi connectivity index (χ4n) is 2.38. The Hall–Kier alpha value is -1.84. The summed E-state index contributed by atoms with van der Waals surface area (Å²) < 4.78 is 0. The van der Waals surface area contributed by atoms with E-state index in [0.29, 0.717) is 25.0 Å². The van der Waals surface area contributed by atoms with E-state index in [1.165, 1.54) is 4.90 Å². The molecule has 2 aliphatic rings. The van der Waals surface area contributed by atoms with Crippen LogP contribution in [0.5, 0.6) is 0 Å². The molecule has 0 aromatic heterocycles. The summed E-state index contributed by atoms with van der Waals surface area (Å²) in [6.07, 6.45) is 9.66. The number of carboxylic acids is 1. The lowest BCUT2D eigenvalue weighted by atomic mass is 10.1. The van der Waals surface area contributed by atoms with Crippen molar-refractivity contribution in [2.45, 2.75) is 32.2 Å². The van der Waals surface area contributed by atoms with Crippen molar-refractivity contribution in [2.24, 2.45) is 0 Å². The van der Waals surface area contributed by atoms with E-state index >= 15 is 0 Å². The number of allylic oxidation sites excluding steroid dienone is 4. The Balaban J connectivity index is 2.19. The second-order valence-corrected chi connectivity index (χ2v) is 4.68. The summed E-state index contributed by atoms with van der Waals surface area (Å²) >= 11 is 0. The minimum absolute atomic E-state index is 0.164. The summed E-state index contributed by atoms with van der Waals surface area (Å²) in [5.74, 6) is -1.07. The predicted molar refractivity (Wildman–Crippen MR) is 68.0 cm³/mol. The standard InChI is InChI=1S/C14H17NO3/c1-10-5-2-3-6-11(9-10)13(16)15-8-4-7-12(15)14(17)18/h2,5-6,9,12H,3-4,7-8H2,1H3,(H,17,18). The number of nitrogens with zero attached hydrogens (tertiary/aromatic N) is 1. The molecule has 1 heterocycles. The van der Waals surface area contributed by atoms with E-state index in [1.54, 1.807) is 0 Å². The zero-order valence-electron chi connectivity index (χ0n) is 10.4. The molecular weight excluding hydrogens is 230 g/mol. The Morgan fingerprint density at radius 1 is 1.44 bits per heavy atom. The van der Waals surface area contributed by atoms with E-state index in [-0.39, 0.29) is 5.91 Å². The number of hydrogen-bond donors (Lipinski definition) is 1. The minimum Gasteiger partial charge on any atom is -0.480 e. The molecule has 4 nitrogen and oxygen atoms in total. The fourth-order valence-corrected chi connectivity index (χ4v) is 2.38. The zero-order chi connectivity index (χ0) is 13.1. The quantitative estimate of drug-likeness (QED) is 0.810. The van der Waals surface area contributed by atoms with Gasteiger partial charge < -0.3 is 10.0 Å². The van der Waals surface area contributed by atoms with E-state index in [0.717, 1.165) is 12.0 Å². The van der Waals surface area contributed by atoms with E-state index in [2.05, 4.69) is 0 Å². The molecule has 1 amide bonds. The molecule has 0 spiro atoms. The van der Waals surface area contributed by atoms with Gasteiger partial charge in [0.2, 0.25) is 0 Å². The van der Waals surface area contributed by atoms with Crippen molar-refractivity contribution in [1.82, 2.24) is 4.90 Å². The Labute approximate surface area is 106 Å². The van der Waals surface area contributed by atoms with Gasteiger partial charge in [-0.3, -0.25) is 4.79 Å². The molecule has 4 heteroatoms. The van der Waals surface area contributed by atoms with Crippen LogP contribution in [0.4, 0.5) is 0 Å². The number of carboxylic acid groups (broad SMARTS) is 1. The van der Waals surface area contributed by atoms with Crippen LogP contribution in [-0.2, 0) is 9.59 Å². The first kappa shape index (κ1) is 12.6. The molecule has 0 saturated carbocycles. The van der Waals surface area contributed by atoms with Gasteiger partial charge in [0, 0.05) is 12.1 Å². The fraction of sp³-hybridized carbons (Fsp3) is 0.429. The van der Waals surface area contributed by atoms with Crippen LogP contribution >= 0.6 is 0 Å². The topological polar surface area (TPSA) is 57.6 Å². The van der Waals surface area contributed by atoms with Crippen molar-refractivity contribution >= 4 is 11.9 Å². The number of rotatable bonds is 2.